The van der Waals surface area contributed by atoms with Crippen molar-refractivity contribution in [1.29, 1.82) is 0 Å². The van der Waals surface area contributed by atoms with Gasteiger partial charge in [0.25, 0.3) is 5.82 Å². The fourth-order valence-corrected chi connectivity index (χ4v) is 3.74. The van der Waals surface area contributed by atoms with Crippen LogP contribution in [-0.4, -0.2) is 16.1 Å². The van der Waals surface area contributed by atoms with Crippen LogP contribution in [0, 0.1) is 6.92 Å². The van der Waals surface area contributed by atoms with E-state index in [4.69, 9.17) is 0 Å². The first kappa shape index (κ1) is 15.8. The largest absolute Gasteiger partial charge is 0.284 e. The first-order valence-electron chi connectivity index (χ1n) is 8.76. The molecule has 0 bridgehead atoms. The van der Waals surface area contributed by atoms with Crippen LogP contribution in [0.1, 0.15) is 57.7 Å². The molecule has 2 aromatic carbocycles. The Morgan fingerprint density at radius 1 is 1.00 bits per heavy atom. The lowest BCUT2D eigenvalue weighted by Gasteiger charge is -2.14. The molecular weight excluding hydrogens is 312 g/mol. The zero-order valence-corrected chi connectivity index (χ0v) is 14.8. The van der Waals surface area contributed by atoms with Gasteiger partial charge >= 0.3 is 0 Å². The summed E-state index contributed by atoms with van der Waals surface area (Å²) in [5.41, 5.74) is 2.09. The van der Waals surface area contributed by atoms with Gasteiger partial charge in [0.15, 0.2) is 0 Å². The van der Waals surface area contributed by atoms with Gasteiger partial charge in [0.1, 0.15) is 0 Å². The van der Waals surface area contributed by atoms with Crippen LogP contribution >= 0.6 is 0 Å². The van der Waals surface area contributed by atoms with Crippen molar-refractivity contribution in [2.24, 2.45) is 7.05 Å². The van der Waals surface area contributed by atoms with Crippen LogP contribution in [0.25, 0.3) is 10.8 Å². The van der Waals surface area contributed by atoms with Gasteiger partial charge in [-0.15, -0.1) is 0 Å². The molecular formula is C21H21N2O2+. The van der Waals surface area contributed by atoms with Crippen molar-refractivity contribution in [2.75, 3.05) is 0 Å². The van der Waals surface area contributed by atoms with Gasteiger partial charge < -0.3 is 0 Å². The Balaban J connectivity index is 1.98. The average molecular weight is 333 g/mol. The summed E-state index contributed by atoms with van der Waals surface area (Å²) in [5.74, 6) is 0.837. The van der Waals surface area contributed by atoms with E-state index in [2.05, 4.69) is 6.92 Å². The van der Waals surface area contributed by atoms with Gasteiger partial charge in [-0.25, -0.2) is 9.13 Å². The first-order chi connectivity index (χ1) is 12.0. The molecule has 126 valence electrons. The fourth-order valence-electron chi connectivity index (χ4n) is 3.74. The molecule has 0 spiro atoms. The number of rotatable bonds is 3. The van der Waals surface area contributed by atoms with E-state index in [1.807, 2.05) is 59.5 Å². The lowest BCUT2D eigenvalue weighted by atomic mass is 9.87. The van der Waals surface area contributed by atoms with Crippen molar-refractivity contribution in [1.82, 2.24) is 4.57 Å². The maximum absolute atomic E-state index is 13.3. The summed E-state index contributed by atoms with van der Waals surface area (Å²) in [7, 11) is 1.87. The highest BCUT2D eigenvalue weighted by atomic mass is 16.1. The second-order valence-electron chi connectivity index (χ2n) is 6.71. The fraction of sp³-hybridized carbons (Fsp3) is 0.286. The lowest BCUT2D eigenvalue weighted by molar-refractivity contribution is -0.679. The van der Waals surface area contributed by atoms with Crippen LogP contribution in [0.2, 0.25) is 0 Å². The highest BCUT2D eigenvalue weighted by Gasteiger charge is 2.42. The second kappa shape index (κ2) is 5.66. The van der Waals surface area contributed by atoms with Crippen LogP contribution in [0.5, 0.6) is 0 Å². The molecule has 1 heterocycles. The van der Waals surface area contributed by atoms with Crippen molar-refractivity contribution in [3.8, 4) is 0 Å². The number of ketones is 2. The maximum Gasteiger partial charge on any atom is 0.254 e. The molecule has 1 aliphatic carbocycles. The molecule has 4 nitrogen and oxygen atoms in total. The topological polar surface area (TPSA) is 43.0 Å². The van der Waals surface area contributed by atoms with Crippen molar-refractivity contribution < 1.29 is 14.2 Å². The predicted octanol–water partition coefficient (Wildman–Crippen LogP) is 3.35. The quantitative estimate of drug-likeness (QED) is 0.540. The van der Waals surface area contributed by atoms with Crippen LogP contribution in [-0.2, 0) is 13.6 Å². The predicted molar refractivity (Wildman–Crippen MR) is 96.1 cm³/mol. The Bertz CT molecular complexity index is 1040. The first-order valence-corrected chi connectivity index (χ1v) is 8.76. The summed E-state index contributed by atoms with van der Waals surface area (Å²) in [5, 5.41) is 1.97. The van der Waals surface area contributed by atoms with Crippen molar-refractivity contribution in [3.05, 3.63) is 64.7 Å². The van der Waals surface area contributed by atoms with Gasteiger partial charge in [-0.05, 0) is 29.3 Å². The molecule has 0 amide bonds. The molecule has 25 heavy (non-hydrogen) atoms. The smallest absolute Gasteiger partial charge is 0.254 e. The summed E-state index contributed by atoms with van der Waals surface area (Å²) < 4.78 is 3.88. The molecule has 0 N–H and O–H groups in total. The normalized spacial score (nSPS) is 13.2. The third-order valence-corrected chi connectivity index (χ3v) is 5.25. The van der Waals surface area contributed by atoms with Crippen molar-refractivity contribution in [3.63, 3.8) is 0 Å². The van der Waals surface area contributed by atoms with Gasteiger partial charge in [-0.1, -0.05) is 37.6 Å². The molecule has 4 rings (SSSR count). The number of carbonyl (C=O) groups excluding carboxylic acids is 2. The lowest BCUT2D eigenvalue weighted by Crippen LogP contribution is -2.39. The summed E-state index contributed by atoms with van der Waals surface area (Å²) in [4.78, 5) is 26.4. The van der Waals surface area contributed by atoms with Gasteiger partial charge in [-0.3, -0.25) is 9.59 Å². The molecule has 0 fully saturated rings. The average Bonchev–Trinajstić information content (AvgIpc) is 2.88. The number of carbonyl (C=O) groups is 2. The number of fused-ring (bicyclic) bond motifs is 3. The van der Waals surface area contributed by atoms with Crippen molar-refractivity contribution in [2.45, 2.75) is 33.2 Å². The summed E-state index contributed by atoms with van der Waals surface area (Å²) in [6.45, 7) is 4.85. The molecule has 0 unspecified atom stereocenters. The van der Waals surface area contributed by atoms with Crippen LogP contribution in [0.4, 0.5) is 0 Å². The third kappa shape index (κ3) is 2.17. The summed E-state index contributed by atoms with van der Waals surface area (Å²) in [6.07, 6.45) is 2.02. The number of hydrogen-bond acceptors (Lipinski definition) is 2. The Labute approximate surface area is 146 Å². The van der Waals surface area contributed by atoms with Gasteiger partial charge in [0.05, 0.1) is 13.6 Å². The minimum absolute atomic E-state index is 0.0462. The monoisotopic (exact) mass is 333 g/mol. The molecule has 0 aliphatic heterocycles. The highest BCUT2D eigenvalue weighted by molar-refractivity contribution is 6.27. The highest BCUT2D eigenvalue weighted by Crippen LogP contribution is 2.30. The summed E-state index contributed by atoms with van der Waals surface area (Å²) in [6, 6.07) is 11.6. The van der Waals surface area contributed by atoms with E-state index in [-0.39, 0.29) is 11.6 Å². The van der Waals surface area contributed by atoms with Gasteiger partial charge in [-0.2, -0.15) is 0 Å². The van der Waals surface area contributed by atoms with Gasteiger partial charge in [0, 0.05) is 18.1 Å². The van der Waals surface area contributed by atoms with Crippen molar-refractivity contribution >= 4 is 22.3 Å². The molecule has 0 saturated carbocycles. The third-order valence-electron chi connectivity index (χ3n) is 5.25. The number of hydrogen-bond donors (Lipinski definition) is 0. The SMILES string of the molecule is CCCCn1c2c([n+](C)c1C)C(=O)c1cc3ccccc3cc1C2=O. The number of nitrogens with zero attached hydrogens (tertiary/aromatic N) is 2. The molecule has 4 heteroatoms. The van der Waals surface area contributed by atoms with Crippen LogP contribution in [0.15, 0.2) is 36.4 Å². The Kier molecular flexibility index (Phi) is 3.57. The van der Waals surface area contributed by atoms with E-state index in [9.17, 15) is 9.59 Å². The molecule has 1 aliphatic rings. The maximum atomic E-state index is 13.3. The molecule has 0 saturated heterocycles. The number of aromatic nitrogens is 2. The second-order valence-corrected chi connectivity index (χ2v) is 6.71. The Hall–Kier alpha value is -2.75. The van der Waals surface area contributed by atoms with E-state index in [1.54, 1.807) is 0 Å². The van der Waals surface area contributed by atoms with E-state index in [1.165, 1.54) is 0 Å². The zero-order valence-electron chi connectivity index (χ0n) is 14.8. The molecule has 1 aromatic heterocycles. The Morgan fingerprint density at radius 3 is 2.20 bits per heavy atom. The van der Waals surface area contributed by atoms with Crippen LogP contribution < -0.4 is 4.57 Å². The number of imidazole rings is 1. The number of benzene rings is 2. The van der Waals surface area contributed by atoms with E-state index >= 15 is 0 Å². The van der Waals surface area contributed by atoms with Gasteiger partial charge in [0.2, 0.25) is 23.0 Å². The Morgan fingerprint density at radius 2 is 1.60 bits per heavy atom. The standard InChI is InChI=1S/C21H21N2O2/c1-4-5-10-23-13(2)22(3)18-19(23)21(25)17-12-15-9-7-6-8-14(15)11-16(17)20(18)24/h6-9,11-12H,4-5,10H2,1-3H3/q+1. The van der Waals surface area contributed by atoms with Crippen LogP contribution in [0.3, 0.4) is 0 Å². The van der Waals surface area contributed by atoms with E-state index < -0.39 is 0 Å². The molecule has 0 atom stereocenters. The van der Waals surface area contributed by atoms with E-state index in [0.29, 0.717) is 22.5 Å². The summed E-state index contributed by atoms with van der Waals surface area (Å²) >= 11 is 0. The number of unbranched alkanes of at least 4 members (excludes halogenated alkanes) is 1. The van der Waals surface area contributed by atoms with E-state index in [0.717, 1.165) is 36.0 Å². The minimum atomic E-state index is -0.0591. The zero-order chi connectivity index (χ0) is 17.7. The molecule has 3 aromatic rings. The minimum Gasteiger partial charge on any atom is -0.284 e. The molecule has 0 radical (unpaired) electrons.